The van der Waals surface area contributed by atoms with Crippen LogP contribution in [-0.4, -0.2) is 89.7 Å². The summed E-state index contributed by atoms with van der Waals surface area (Å²) in [5.74, 6) is 1.46. The molecule has 0 aliphatic rings. The molecule has 16 nitrogen and oxygen atoms in total. The molecule has 7 aromatic rings. The van der Waals surface area contributed by atoms with Crippen molar-refractivity contribution in [1.29, 1.82) is 0 Å². The molecule has 0 fully saturated rings. The second kappa shape index (κ2) is 32.2. The summed E-state index contributed by atoms with van der Waals surface area (Å²) in [7, 11) is 2.83. The fourth-order valence-corrected chi connectivity index (χ4v) is 10.1. The minimum absolute atomic E-state index is 0.0852. The van der Waals surface area contributed by atoms with Gasteiger partial charge in [-0.3, -0.25) is 14.0 Å². The van der Waals surface area contributed by atoms with E-state index >= 15 is 0 Å². The van der Waals surface area contributed by atoms with Crippen molar-refractivity contribution in [3.8, 4) is 17.2 Å². The van der Waals surface area contributed by atoms with Crippen LogP contribution in [0.3, 0.4) is 0 Å². The summed E-state index contributed by atoms with van der Waals surface area (Å²) in [6.45, 7) is 10.8. The van der Waals surface area contributed by atoms with E-state index in [1.807, 2.05) is 51.4 Å². The summed E-state index contributed by atoms with van der Waals surface area (Å²) in [5, 5.41) is 12.0. The average molecular weight is 1260 g/mol. The van der Waals surface area contributed by atoms with Gasteiger partial charge in [-0.15, -0.1) is 0 Å². The van der Waals surface area contributed by atoms with E-state index in [4.69, 9.17) is 128 Å². The van der Waals surface area contributed by atoms with Crippen LogP contribution in [0.5, 0.6) is 17.2 Å². The van der Waals surface area contributed by atoms with Crippen LogP contribution in [0.25, 0.3) is 0 Å². The monoisotopic (exact) mass is 1250 g/mol. The van der Waals surface area contributed by atoms with Crippen LogP contribution in [0.2, 0.25) is 40.2 Å². The van der Waals surface area contributed by atoms with Crippen molar-refractivity contribution in [3.05, 3.63) is 162 Å². The number of ketones is 1. The molecule has 0 saturated heterocycles. The molecule has 2 unspecified atom stereocenters. The third-order valence-corrected chi connectivity index (χ3v) is 15.0. The van der Waals surface area contributed by atoms with E-state index in [2.05, 4.69) is 32.1 Å². The number of halogens is 8. The first-order valence-electron chi connectivity index (χ1n) is 23.5. The Morgan fingerprint density at radius 1 is 0.714 bits per heavy atom. The number of imidazole rings is 1. The summed E-state index contributed by atoms with van der Waals surface area (Å²) in [5.41, 5.74) is 1.51. The predicted molar refractivity (Wildman–Crippen MR) is 312 cm³/mol. The van der Waals surface area contributed by atoms with Gasteiger partial charge in [-0.1, -0.05) is 140 Å². The van der Waals surface area contributed by atoms with E-state index in [9.17, 15) is 9.59 Å². The molecule has 0 aliphatic heterocycles. The molecule has 0 N–H and O–H groups in total. The van der Waals surface area contributed by atoms with Crippen molar-refractivity contribution >= 4 is 123 Å². The van der Waals surface area contributed by atoms with Crippen molar-refractivity contribution in [1.82, 2.24) is 44.0 Å². The topological polar surface area (TPSA) is 163 Å². The van der Waals surface area contributed by atoms with Crippen LogP contribution in [-0.2, 0) is 32.2 Å². The van der Waals surface area contributed by atoms with Crippen LogP contribution >= 0.6 is 99.5 Å². The number of Topliss-reactive ketones (excluding diaryl/α,β-unsaturated/α-hetero) is 1. The van der Waals surface area contributed by atoms with Crippen molar-refractivity contribution < 1.29 is 32.6 Å². The van der Waals surface area contributed by atoms with E-state index in [0.717, 1.165) is 42.0 Å². The lowest BCUT2D eigenvalue weighted by Gasteiger charge is -2.25. The second-order valence-electron chi connectivity index (χ2n) is 17.4. The second-order valence-corrected chi connectivity index (χ2v) is 23.9. The molecule has 416 valence electrons. The van der Waals surface area contributed by atoms with Gasteiger partial charge >= 0.3 is 12.7 Å². The van der Waals surface area contributed by atoms with Gasteiger partial charge in [-0.25, -0.2) is 24.4 Å². The third kappa shape index (κ3) is 21.1. The molecular weight excluding hydrogens is 1200 g/mol. The van der Waals surface area contributed by atoms with Gasteiger partial charge in [0.2, 0.25) is 5.78 Å². The van der Waals surface area contributed by atoms with Gasteiger partial charge in [0.1, 0.15) is 44.0 Å². The number of benzene rings is 4. The zero-order valence-electron chi connectivity index (χ0n) is 43.3. The molecule has 26 heteroatoms. The van der Waals surface area contributed by atoms with E-state index in [-0.39, 0.29) is 18.4 Å². The minimum Gasteiger partial charge on any atom is -0.489 e. The van der Waals surface area contributed by atoms with Gasteiger partial charge in [-0.2, -0.15) is 10.2 Å². The molecule has 0 bridgehead atoms. The van der Waals surface area contributed by atoms with E-state index in [0.29, 0.717) is 71.4 Å². The molecule has 77 heavy (non-hydrogen) atoms. The number of hydrogen-bond donors (Lipinski definition) is 0. The SMILES string of the molecule is CC(C)(C)C(=O)C(Oc1ccc(Cl)cc1)n1cncn1.CCCC(Cn1cncn1)c1ccc(Cl)cc1Cl.CCCN(CCOc1c(Cl)cc(Cl)cc1Cl)C(=O)n1ccnc1.COP(=S)(OC)Oc1c(Cl)cc(C)cc1Cl. The van der Waals surface area contributed by atoms with E-state index < -0.39 is 18.4 Å². The van der Waals surface area contributed by atoms with Gasteiger partial charge in [0.15, 0.2) is 11.5 Å². The first kappa shape index (κ1) is 65.3. The highest BCUT2D eigenvalue weighted by atomic mass is 35.5. The predicted octanol–water partition coefficient (Wildman–Crippen LogP) is 16.1. The van der Waals surface area contributed by atoms with Gasteiger partial charge in [0.25, 0.3) is 6.23 Å². The van der Waals surface area contributed by atoms with Gasteiger partial charge in [-0.05, 0) is 91.6 Å². The van der Waals surface area contributed by atoms with Crippen molar-refractivity contribution in [2.24, 2.45) is 5.41 Å². The van der Waals surface area contributed by atoms with E-state index in [1.54, 1.807) is 84.5 Å². The zero-order chi connectivity index (χ0) is 56.9. The Bertz CT molecular complexity index is 2920. The molecule has 3 heterocycles. The molecule has 4 aromatic carbocycles. The highest BCUT2D eigenvalue weighted by Gasteiger charge is 2.33. The lowest BCUT2D eigenvalue weighted by Crippen LogP contribution is -2.37. The highest BCUT2D eigenvalue weighted by molar-refractivity contribution is 8.07. The van der Waals surface area contributed by atoms with Crippen LogP contribution < -0.4 is 14.0 Å². The minimum atomic E-state index is -2.81. The van der Waals surface area contributed by atoms with E-state index in [1.165, 1.54) is 42.5 Å². The quantitative estimate of drug-likeness (QED) is 0.0704. The first-order chi connectivity index (χ1) is 36.5. The van der Waals surface area contributed by atoms with Crippen LogP contribution in [0.1, 0.15) is 77.2 Å². The first-order valence-corrected chi connectivity index (χ1v) is 29.1. The Morgan fingerprint density at radius 2 is 1.31 bits per heavy atom. The maximum absolute atomic E-state index is 12.5. The lowest BCUT2D eigenvalue weighted by atomic mass is 9.90. The number of aryl methyl sites for hydroxylation is 1. The smallest absolute Gasteiger partial charge is 0.380 e. The van der Waals surface area contributed by atoms with Crippen molar-refractivity contribution in [3.63, 3.8) is 0 Å². The van der Waals surface area contributed by atoms with Crippen LogP contribution in [0.4, 0.5) is 4.79 Å². The molecule has 2 atom stereocenters. The van der Waals surface area contributed by atoms with Gasteiger partial charge in [0, 0.05) is 82.9 Å². The number of nitrogens with zero attached hydrogens (tertiary/aromatic N) is 9. The third-order valence-electron chi connectivity index (χ3n) is 10.5. The Morgan fingerprint density at radius 3 is 1.83 bits per heavy atom. The number of amides is 1. The Hall–Kier alpha value is -4.20. The number of rotatable bonds is 19. The number of hydrogen-bond acceptors (Lipinski definition) is 13. The number of ether oxygens (including phenoxy) is 2. The Kier molecular flexibility index (Phi) is 27.3. The van der Waals surface area contributed by atoms with Crippen LogP contribution in [0, 0.1) is 12.3 Å². The largest absolute Gasteiger partial charge is 0.489 e. The fraction of sp³-hybridized carbons (Fsp3) is 0.353. The normalized spacial score (nSPS) is 11.9. The molecule has 0 spiro atoms. The van der Waals surface area contributed by atoms with Crippen molar-refractivity contribution in [2.45, 2.75) is 79.5 Å². The number of aromatic nitrogens is 8. The van der Waals surface area contributed by atoms with Gasteiger partial charge < -0.3 is 27.9 Å². The highest BCUT2D eigenvalue weighted by Crippen LogP contribution is 2.52. The molecular formula is C51H58Cl8N9O7PS. The van der Waals surface area contributed by atoms with Crippen LogP contribution in [0.15, 0.2) is 111 Å². The zero-order valence-corrected chi connectivity index (χ0v) is 51.0. The fourth-order valence-electron chi connectivity index (χ4n) is 6.73. The Balaban J connectivity index is 0.000000224. The molecule has 0 aliphatic carbocycles. The van der Waals surface area contributed by atoms with Gasteiger partial charge in [0.05, 0.1) is 26.6 Å². The molecule has 7 rings (SSSR count). The average Bonchev–Trinajstić information content (AvgIpc) is 4.22. The summed E-state index contributed by atoms with van der Waals surface area (Å²) in [6.07, 6.45) is 12.9. The Labute approximate surface area is 494 Å². The summed E-state index contributed by atoms with van der Waals surface area (Å²) >= 11 is 53.1. The maximum Gasteiger partial charge on any atom is 0.380 e. The number of carbonyl (C=O) groups is 2. The summed E-state index contributed by atoms with van der Waals surface area (Å²) < 4.78 is 31.5. The lowest BCUT2D eigenvalue weighted by molar-refractivity contribution is -0.138. The molecule has 1 amide bonds. The standard InChI is InChI=1S/C15H16Cl3N3O2.C14H16ClN3O2.C13H15Cl2N3.C9H11Cl2O3PS/c1-2-4-20(15(22)21-5-3-19-10-21)6-7-23-14-12(17)8-11(16)9-13(14)18;1-14(2,3)12(19)13(18-9-16-8-17-18)20-11-6-4-10(15)5-7-11;1-2-3-10(7-18-9-16-8-17-18)12-5-4-11(14)6-13(12)15;1-6-4-7(10)9(8(11)5-6)14-15(16,12-2)13-3/h3,5,8-10H,2,4,6-7H2,1H3;4-9,13H,1-3H3;4-6,8-10H,2-3,7H2,1H3;4-5H,1-3H3. The molecule has 3 aromatic heterocycles. The summed E-state index contributed by atoms with van der Waals surface area (Å²) in [4.78, 5) is 38.2. The molecule has 0 saturated carbocycles. The maximum atomic E-state index is 12.5. The molecule has 0 radical (unpaired) electrons. The number of carbonyl (C=O) groups excluding carboxylic acids is 2. The van der Waals surface area contributed by atoms with Crippen molar-refractivity contribution in [2.75, 3.05) is 33.9 Å². The summed E-state index contributed by atoms with van der Waals surface area (Å²) in [6, 6.07) is 18.9.